The molecule has 1 atom stereocenters. The SMILES string of the molecule is COCCC(=O)N1CCC(NC(=NCc2nnc(C)n2C)NC(C)c2ccccc2)CC1.I. The number of carbonyl (C=O) groups excluding carboxylic acids is 1. The van der Waals surface area contributed by atoms with Crippen LogP contribution in [0.4, 0.5) is 0 Å². The lowest BCUT2D eigenvalue weighted by atomic mass is 10.0. The Balaban J connectivity index is 0.00000385. The molecule has 1 aliphatic heterocycles. The molecule has 182 valence electrons. The molecule has 1 unspecified atom stereocenters. The first kappa shape index (κ1) is 27.0. The van der Waals surface area contributed by atoms with Gasteiger partial charge in [0, 0.05) is 33.3 Å². The van der Waals surface area contributed by atoms with Crippen LogP contribution < -0.4 is 10.6 Å². The first-order valence-electron chi connectivity index (χ1n) is 11.2. The summed E-state index contributed by atoms with van der Waals surface area (Å²) in [4.78, 5) is 19.0. The minimum Gasteiger partial charge on any atom is -0.384 e. The fourth-order valence-corrected chi connectivity index (χ4v) is 3.72. The van der Waals surface area contributed by atoms with E-state index in [1.165, 1.54) is 5.56 Å². The summed E-state index contributed by atoms with van der Waals surface area (Å²) < 4.78 is 6.98. The number of aliphatic imine (C=N–C) groups is 1. The average molecular weight is 569 g/mol. The summed E-state index contributed by atoms with van der Waals surface area (Å²) in [5.74, 6) is 2.58. The van der Waals surface area contributed by atoms with Crippen LogP contribution in [0, 0.1) is 6.92 Å². The maximum atomic E-state index is 12.3. The fraction of sp³-hybridized carbons (Fsp3) is 0.565. The van der Waals surface area contributed by atoms with E-state index in [0.717, 1.165) is 43.5 Å². The number of methoxy groups -OCH3 is 1. The standard InChI is InChI=1S/C23H35N7O2.HI/c1-17(19-8-6-5-7-9-19)25-23(24-16-21-28-27-18(2)29(21)3)26-20-10-13-30(14-11-20)22(31)12-15-32-4;/h5-9,17,20H,10-16H2,1-4H3,(H2,24,25,26);1H. The van der Waals surface area contributed by atoms with Crippen molar-refractivity contribution in [2.45, 2.75) is 51.7 Å². The molecule has 0 saturated carbocycles. The van der Waals surface area contributed by atoms with E-state index < -0.39 is 0 Å². The normalized spacial score (nSPS) is 15.6. The minimum atomic E-state index is 0. The quantitative estimate of drug-likeness (QED) is 0.288. The van der Waals surface area contributed by atoms with Gasteiger partial charge in [0.1, 0.15) is 12.4 Å². The fourth-order valence-electron chi connectivity index (χ4n) is 3.72. The lowest BCUT2D eigenvalue weighted by Crippen LogP contribution is -2.50. The topological polar surface area (TPSA) is 96.7 Å². The van der Waals surface area contributed by atoms with Crippen LogP contribution in [0.2, 0.25) is 0 Å². The number of nitrogens with zero attached hydrogens (tertiary/aromatic N) is 5. The highest BCUT2D eigenvalue weighted by molar-refractivity contribution is 14.0. The Morgan fingerprint density at radius 3 is 2.55 bits per heavy atom. The molecule has 2 N–H and O–H groups in total. The lowest BCUT2D eigenvalue weighted by molar-refractivity contribution is -0.133. The number of hydrogen-bond donors (Lipinski definition) is 2. The highest BCUT2D eigenvalue weighted by atomic mass is 127. The van der Waals surface area contributed by atoms with Crippen molar-refractivity contribution >= 4 is 35.8 Å². The van der Waals surface area contributed by atoms with Gasteiger partial charge in [-0.2, -0.15) is 0 Å². The Morgan fingerprint density at radius 2 is 1.94 bits per heavy atom. The molecule has 33 heavy (non-hydrogen) atoms. The molecule has 1 aromatic heterocycles. The van der Waals surface area contributed by atoms with E-state index in [0.29, 0.717) is 19.6 Å². The van der Waals surface area contributed by atoms with Gasteiger partial charge in [0.05, 0.1) is 19.1 Å². The van der Waals surface area contributed by atoms with E-state index >= 15 is 0 Å². The molecule has 1 saturated heterocycles. The molecule has 0 radical (unpaired) electrons. The van der Waals surface area contributed by atoms with Crippen molar-refractivity contribution in [3.8, 4) is 0 Å². The van der Waals surface area contributed by atoms with Gasteiger partial charge >= 0.3 is 0 Å². The first-order chi connectivity index (χ1) is 15.5. The molecule has 2 heterocycles. The van der Waals surface area contributed by atoms with Gasteiger partial charge in [0.25, 0.3) is 0 Å². The van der Waals surface area contributed by atoms with E-state index in [2.05, 4.69) is 39.9 Å². The van der Waals surface area contributed by atoms with Crippen LogP contribution in [0.3, 0.4) is 0 Å². The molecule has 2 aromatic rings. The molecule has 0 aliphatic carbocycles. The average Bonchev–Trinajstić information content (AvgIpc) is 3.14. The van der Waals surface area contributed by atoms with Crippen LogP contribution in [0.1, 0.15) is 49.4 Å². The van der Waals surface area contributed by atoms with E-state index in [-0.39, 0.29) is 42.0 Å². The number of likely N-dealkylation sites (tertiary alicyclic amines) is 1. The van der Waals surface area contributed by atoms with Crippen LogP contribution in [-0.2, 0) is 23.1 Å². The number of nitrogens with one attached hydrogen (secondary N) is 2. The van der Waals surface area contributed by atoms with Crippen molar-refractivity contribution < 1.29 is 9.53 Å². The number of piperidine rings is 1. The van der Waals surface area contributed by atoms with Crippen molar-refractivity contribution in [1.29, 1.82) is 0 Å². The van der Waals surface area contributed by atoms with Gasteiger partial charge in [-0.15, -0.1) is 34.2 Å². The van der Waals surface area contributed by atoms with Gasteiger partial charge in [-0.3, -0.25) is 4.79 Å². The molecular formula is C23H36IN7O2. The van der Waals surface area contributed by atoms with Gasteiger partial charge in [-0.05, 0) is 32.3 Å². The predicted octanol–water partition coefficient (Wildman–Crippen LogP) is 2.57. The van der Waals surface area contributed by atoms with Gasteiger partial charge in [0.2, 0.25) is 5.91 Å². The van der Waals surface area contributed by atoms with Crippen molar-refractivity contribution in [2.24, 2.45) is 12.0 Å². The second-order valence-electron chi connectivity index (χ2n) is 8.21. The third kappa shape index (κ3) is 7.95. The predicted molar refractivity (Wildman–Crippen MR) is 140 cm³/mol. The van der Waals surface area contributed by atoms with Crippen LogP contribution in [0.25, 0.3) is 0 Å². The number of aromatic nitrogens is 3. The van der Waals surface area contributed by atoms with E-state index in [9.17, 15) is 4.79 Å². The summed E-state index contributed by atoms with van der Waals surface area (Å²) in [6.07, 6.45) is 2.19. The van der Waals surface area contributed by atoms with Gasteiger partial charge in [0.15, 0.2) is 11.8 Å². The summed E-state index contributed by atoms with van der Waals surface area (Å²) in [7, 11) is 3.57. The molecular weight excluding hydrogens is 533 g/mol. The lowest BCUT2D eigenvalue weighted by Gasteiger charge is -2.33. The molecule has 0 spiro atoms. The molecule has 10 heteroatoms. The zero-order valence-corrected chi connectivity index (χ0v) is 22.3. The monoisotopic (exact) mass is 569 g/mol. The number of benzene rings is 1. The third-order valence-corrected chi connectivity index (χ3v) is 5.92. The number of guanidine groups is 1. The summed E-state index contributed by atoms with van der Waals surface area (Å²) in [5.41, 5.74) is 1.19. The number of hydrogen-bond acceptors (Lipinski definition) is 5. The van der Waals surface area contributed by atoms with Gasteiger partial charge in [-0.25, -0.2) is 4.99 Å². The number of halogens is 1. The zero-order chi connectivity index (χ0) is 22.9. The van der Waals surface area contributed by atoms with Crippen molar-refractivity contribution in [1.82, 2.24) is 30.3 Å². The molecule has 1 fully saturated rings. The second-order valence-corrected chi connectivity index (χ2v) is 8.21. The highest BCUT2D eigenvalue weighted by Gasteiger charge is 2.23. The minimum absolute atomic E-state index is 0. The second kappa shape index (κ2) is 13.5. The molecule has 0 bridgehead atoms. The summed E-state index contributed by atoms with van der Waals surface area (Å²) in [6, 6.07) is 10.6. The summed E-state index contributed by atoms with van der Waals surface area (Å²) >= 11 is 0. The molecule has 3 rings (SSSR count). The Morgan fingerprint density at radius 1 is 1.24 bits per heavy atom. The molecule has 9 nitrogen and oxygen atoms in total. The first-order valence-corrected chi connectivity index (χ1v) is 11.2. The third-order valence-electron chi connectivity index (χ3n) is 5.92. The van der Waals surface area contributed by atoms with Crippen LogP contribution in [-0.4, -0.2) is 64.4 Å². The maximum absolute atomic E-state index is 12.3. The Hall–Kier alpha value is -2.21. The smallest absolute Gasteiger partial charge is 0.224 e. The Bertz CT molecular complexity index is 895. The molecule has 1 aromatic carbocycles. The summed E-state index contributed by atoms with van der Waals surface area (Å²) in [5, 5.41) is 15.4. The molecule has 1 amide bonds. The summed E-state index contributed by atoms with van der Waals surface area (Å²) in [6.45, 7) is 6.43. The van der Waals surface area contributed by atoms with Crippen molar-refractivity contribution in [2.75, 3.05) is 26.8 Å². The van der Waals surface area contributed by atoms with Gasteiger partial charge in [-0.1, -0.05) is 30.3 Å². The van der Waals surface area contributed by atoms with Crippen molar-refractivity contribution in [3.63, 3.8) is 0 Å². The number of ether oxygens (including phenoxy) is 1. The van der Waals surface area contributed by atoms with E-state index in [4.69, 9.17) is 9.73 Å². The highest BCUT2D eigenvalue weighted by Crippen LogP contribution is 2.14. The maximum Gasteiger partial charge on any atom is 0.224 e. The van der Waals surface area contributed by atoms with E-state index in [1.807, 2.05) is 41.6 Å². The number of amides is 1. The van der Waals surface area contributed by atoms with Crippen molar-refractivity contribution in [3.05, 3.63) is 47.5 Å². The van der Waals surface area contributed by atoms with Crippen LogP contribution in [0.15, 0.2) is 35.3 Å². The largest absolute Gasteiger partial charge is 0.384 e. The van der Waals surface area contributed by atoms with E-state index in [1.54, 1.807) is 7.11 Å². The van der Waals surface area contributed by atoms with Crippen LogP contribution in [0.5, 0.6) is 0 Å². The number of aryl methyl sites for hydroxylation is 1. The zero-order valence-electron chi connectivity index (χ0n) is 20.0. The van der Waals surface area contributed by atoms with Gasteiger partial charge < -0.3 is 24.8 Å². The Labute approximate surface area is 213 Å². The number of rotatable bonds is 8. The van der Waals surface area contributed by atoms with Crippen LogP contribution >= 0.6 is 24.0 Å². The Kier molecular flexibility index (Phi) is 11.0. The molecule has 1 aliphatic rings. The number of carbonyl (C=O) groups is 1.